The number of hydrogen-bond donors (Lipinski definition) is 1. The van der Waals surface area contributed by atoms with E-state index >= 15 is 0 Å². The van der Waals surface area contributed by atoms with E-state index in [2.05, 4.69) is 55.9 Å². The normalized spacial score (nSPS) is 19.1. The lowest BCUT2D eigenvalue weighted by Crippen LogP contribution is -2.39. The van der Waals surface area contributed by atoms with Crippen molar-refractivity contribution in [2.45, 2.75) is 32.7 Å². The first-order chi connectivity index (χ1) is 10.0. The highest BCUT2D eigenvalue weighted by Gasteiger charge is 2.24. The summed E-state index contributed by atoms with van der Waals surface area (Å²) in [7, 11) is 4.46. The number of likely N-dealkylation sites (N-methyl/N-ethyl adjacent to an activating group) is 1. The van der Waals surface area contributed by atoms with Crippen molar-refractivity contribution in [3.63, 3.8) is 0 Å². The van der Waals surface area contributed by atoms with Gasteiger partial charge in [-0.1, -0.05) is 18.2 Å². The SMILES string of the molecule is Cc1cccc(C)c1C(CN)N(C)CC1CCN(C)CC1. The van der Waals surface area contributed by atoms with Crippen LogP contribution in [0.15, 0.2) is 18.2 Å². The van der Waals surface area contributed by atoms with Gasteiger partial charge in [-0.3, -0.25) is 4.90 Å². The van der Waals surface area contributed by atoms with Crippen LogP contribution in [0.1, 0.15) is 35.6 Å². The molecule has 3 nitrogen and oxygen atoms in total. The number of piperidine rings is 1. The summed E-state index contributed by atoms with van der Waals surface area (Å²) in [5.74, 6) is 0.810. The van der Waals surface area contributed by atoms with Crippen LogP contribution in [-0.2, 0) is 0 Å². The molecule has 0 bridgehead atoms. The van der Waals surface area contributed by atoms with Gasteiger partial charge in [0.05, 0.1) is 0 Å². The summed E-state index contributed by atoms with van der Waals surface area (Å²) in [4.78, 5) is 4.91. The molecule has 1 unspecified atom stereocenters. The molecule has 0 spiro atoms. The van der Waals surface area contributed by atoms with Crippen LogP contribution in [0.4, 0.5) is 0 Å². The van der Waals surface area contributed by atoms with Crippen LogP contribution >= 0.6 is 0 Å². The van der Waals surface area contributed by atoms with Gasteiger partial charge in [0.2, 0.25) is 0 Å². The van der Waals surface area contributed by atoms with Gasteiger partial charge in [0, 0.05) is 19.1 Å². The highest BCUT2D eigenvalue weighted by atomic mass is 15.1. The summed E-state index contributed by atoms with van der Waals surface area (Å²) in [6.45, 7) is 8.71. The minimum Gasteiger partial charge on any atom is -0.329 e. The Kier molecular flexibility index (Phi) is 5.80. The van der Waals surface area contributed by atoms with Crippen molar-refractivity contribution in [1.29, 1.82) is 0 Å². The molecule has 1 saturated heterocycles. The van der Waals surface area contributed by atoms with Crippen LogP contribution in [0.5, 0.6) is 0 Å². The zero-order valence-corrected chi connectivity index (χ0v) is 14.1. The van der Waals surface area contributed by atoms with E-state index in [0.29, 0.717) is 12.6 Å². The maximum absolute atomic E-state index is 6.12. The van der Waals surface area contributed by atoms with Crippen molar-refractivity contribution in [3.8, 4) is 0 Å². The van der Waals surface area contributed by atoms with Crippen molar-refractivity contribution < 1.29 is 0 Å². The Bertz CT molecular complexity index is 430. The fraction of sp³-hybridized carbons (Fsp3) is 0.667. The fourth-order valence-corrected chi connectivity index (χ4v) is 3.65. The number of aryl methyl sites for hydroxylation is 2. The maximum Gasteiger partial charge on any atom is 0.0472 e. The second-order valence-electron chi connectivity index (χ2n) is 6.74. The third kappa shape index (κ3) is 4.06. The summed E-state index contributed by atoms with van der Waals surface area (Å²) in [6, 6.07) is 6.88. The van der Waals surface area contributed by atoms with Gasteiger partial charge in [-0.2, -0.15) is 0 Å². The van der Waals surface area contributed by atoms with E-state index in [9.17, 15) is 0 Å². The third-order valence-electron chi connectivity index (χ3n) is 5.01. The predicted molar refractivity (Wildman–Crippen MR) is 90.6 cm³/mol. The Morgan fingerprint density at radius 3 is 2.33 bits per heavy atom. The Morgan fingerprint density at radius 2 is 1.81 bits per heavy atom. The second kappa shape index (κ2) is 7.39. The molecule has 1 aliphatic heterocycles. The minimum atomic E-state index is 0.339. The summed E-state index contributed by atoms with van der Waals surface area (Å²) >= 11 is 0. The van der Waals surface area contributed by atoms with Gasteiger partial charge in [-0.05, 0) is 76.5 Å². The lowest BCUT2D eigenvalue weighted by atomic mass is 9.92. The topological polar surface area (TPSA) is 32.5 Å². The number of likely N-dealkylation sites (tertiary alicyclic amines) is 1. The van der Waals surface area contributed by atoms with Gasteiger partial charge in [0.25, 0.3) is 0 Å². The number of hydrogen-bond acceptors (Lipinski definition) is 3. The predicted octanol–water partition coefficient (Wildman–Crippen LogP) is 2.58. The number of rotatable bonds is 5. The lowest BCUT2D eigenvalue weighted by molar-refractivity contribution is 0.151. The fourth-order valence-electron chi connectivity index (χ4n) is 3.65. The molecule has 2 rings (SSSR count). The standard InChI is InChI=1S/C18H31N3/c1-14-6-5-7-15(2)18(14)17(12-19)21(4)13-16-8-10-20(3)11-9-16/h5-7,16-17H,8-13,19H2,1-4H3. The molecule has 0 radical (unpaired) electrons. The van der Waals surface area contributed by atoms with E-state index < -0.39 is 0 Å². The Labute approximate surface area is 130 Å². The third-order valence-corrected chi connectivity index (χ3v) is 5.01. The Morgan fingerprint density at radius 1 is 1.24 bits per heavy atom. The molecule has 1 atom stereocenters. The van der Waals surface area contributed by atoms with Crippen molar-refractivity contribution in [2.24, 2.45) is 11.7 Å². The average molecular weight is 289 g/mol. The first-order valence-electron chi connectivity index (χ1n) is 8.18. The van der Waals surface area contributed by atoms with Crippen LogP contribution in [0.2, 0.25) is 0 Å². The molecule has 1 aliphatic rings. The summed E-state index contributed by atoms with van der Waals surface area (Å²) < 4.78 is 0. The summed E-state index contributed by atoms with van der Waals surface area (Å²) in [6.07, 6.45) is 2.62. The molecule has 0 aromatic heterocycles. The molecule has 3 heteroatoms. The zero-order chi connectivity index (χ0) is 15.4. The van der Waals surface area contributed by atoms with E-state index in [0.717, 1.165) is 12.5 Å². The molecular weight excluding hydrogens is 258 g/mol. The molecule has 1 aromatic carbocycles. The van der Waals surface area contributed by atoms with Crippen molar-refractivity contribution in [2.75, 3.05) is 40.3 Å². The van der Waals surface area contributed by atoms with Gasteiger partial charge in [-0.25, -0.2) is 0 Å². The zero-order valence-electron chi connectivity index (χ0n) is 14.1. The minimum absolute atomic E-state index is 0.339. The summed E-state index contributed by atoms with van der Waals surface area (Å²) in [5.41, 5.74) is 10.3. The number of nitrogens with zero attached hydrogens (tertiary/aromatic N) is 2. The Hall–Kier alpha value is -0.900. The smallest absolute Gasteiger partial charge is 0.0472 e. The number of benzene rings is 1. The monoisotopic (exact) mass is 289 g/mol. The van der Waals surface area contributed by atoms with Gasteiger partial charge in [0.1, 0.15) is 0 Å². The van der Waals surface area contributed by atoms with E-state index in [1.165, 1.54) is 42.6 Å². The van der Waals surface area contributed by atoms with Crippen molar-refractivity contribution in [1.82, 2.24) is 9.80 Å². The van der Waals surface area contributed by atoms with Crippen molar-refractivity contribution in [3.05, 3.63) is 34.9 Å². The molecule has 1 heterocycles. The molecule has 118 valence electrons. The van der Waals surface area contributed by atoms with Crippen LogP contribution in [0, 0.1) is 19.8 Å². The molecule has 1 fully saturated rings. The van der Waals surface area contributed by atoms with Crippen LogP contribution in [0.3, 0.4) is 0 Å². The molecule has 0 aliphatic carbocycles. The maximum atomic E-state index is 6.12. The lowest BCUT2D eigenvalue weighted by Gasteiger charge is -2.35. The highest BCUT2D eigenvalue weighted by Crippen LogP contribution is 2.27. The van der Waals surface area contributed by atoms with E-state index in [4.69, 9.17) is 5.73 Å². The molecule has 0 saturated carbocycles. The van der Waals surface area contributed by atoms with E-state index in [1.54, 1.807) is 0 Å². The number of nitrogens with two attached hydrogens (primary N) is 1. The van der Waals surface area contributed by atoms with E-state index in [-0.39, 0.29) is 0 Å². The summed E-state index contributed by atoms with van der Waals surface area (Å²) in [5, 5.41) is 0. The molecule has 1 aromatic rings. The van der Waals surface area contributed by atoms with Gasteiger partial charge < -0.3 is 10.6 Å². The van der Waals surface area contributed by atoms with Crippen LogP contribution in [-0.4, -0.2) is 50.1 Å². The van der Waals surface area contributed by atoms with E-state index in [1.807, 2.05) is 0 Å². The van der Waals surface area contributed by atoms with Crippen LogP contribution in [0.25, 0.3) is 0 Å². The molecular formula is C18H31N3. The van der Waals surface area contributed by atoms with Gasteiger partial charge >= 0.3 is 0 Å². The van der Waals surface area contributed by atoms with Gasteiger partial charge in [-0.15, -0.1) is 0 Å². The first-order valence-corrected chi connectivity index (χ1v) is 8.18. The first kappa shape index (κ1) is 16.5. The quantitative estimate of drug-likeness (QED) is 0.904. The van der Waals surface area contributed by atoms with Gasteiger partial charge in [0.15, 0.2) is 0 Å². The Balaban J connectivity index is 2.06. The van der Waals surface area contributed by atoms with Crippen molar-refractivity contribution >= 4 is 0 Å². The molecule has 0 amide bonds. The highest BCUT2D eigenvalue weighted by molar-refractivity contribution is 5.36. The molecule has 21 heavy (non-hydrogen) atoms. The molecule has 2 N–H and O–H groups in total. The average Bonchev–Trinajstić information content (AvgIpc) is 2.45. The van der Waals surface area contributed by atoms with Crippen LogP contribution < -0.4 is 5.73 Å². The second-order valence-corrected chi connectivity index (χ2v) is 6.74. The largest absolute Gasteiger partial charge is 0.329 e.